The average molecular weight is 664 g/mol. The summed E-state index contributed by atoms with van der Waals surface area (Å²) in [6, 6.07) is 25.9. The molecule has 0 bridgehead atoms. The monoisotopic (exact) mass is 663 g/mol. The Bertz CT molecular complexity index is 1690. The molecular weight excluding hydrogens is 606 g/mol. The first-order valence-corrected chi connectivity index (χ1v) is 17.8. The van der Waals surface area contributed by atoms with Crippen LogP contribution >= 0.6 is 0 Å². The van der Waals surface area contributed by atoms with Crippen molar-refractivity contribution in [3.05, 3.63) is 107 Å². The second kappa shape index (κ2) is 16.7. The number of aliphatic hydroxyl groups is 1. The van der Waals surface area contributed by atoms with Gasteiger partial charge in [-0.25, -0.2) is 0 Å². The van der Waals surface area contributed by atoms with E-state index < -0.39 is 5.60 Å². The zero-order chi connectivity index (χ0) is 35.0. The molecule has 4 aromatic rings. The van der Waals surface area contributed by atoms with Gasteiger partial charge in [0, 0.05) is 58.9 Å². The van der Waals surface area contributed by atoms with E-state index in [0.717, 1.165) is 109 Å². The van der Waals surface area contributed by atoms with Gasteiger partial charge in [0.25, 0.3) is 0 Å². The predicted octanol–water partition coefficient (Wildman–Crippen LogP) is 6.93. The second-order valence-electron chi connectivity index (χ2n) is 14.1. The van der Waals surface area contributed by atoms with Gasteiger partial charge < -0.3 is 34.8 Å². The molecule has 0 radical (unpaired) electrons. The third-order valence-corrected chi connectivity index (χ3v) is 9.60. The van der Waals surface area contributed by atoms with Crippen molar-refractivity contribution >= 4 is 28.2 Å². The van der Waals surface area contributed by atoms with E-state index in [1.54, 1.807) is 0 Å². The largest absolute Gasteiger partial charge is 0.472 e. The highest BCUT2D eigenvalue weighted by Gasteiger charge is 2.40. The van der Waals surface area contributed by atoms with Gasteiger partial charge in [-0.05, 0) is 105 Å². The van der Waals surface area contributed by atoms with Gasteiger partial charge in [0.1, 0.15) is 5.75 Å². The Labute approximate surface area is 294 Å². The summed E-state index contributed by atoms with van der Waals surface area (Å²) in [6.45, 7) is 4.81. The van der Waals surface area contributed by atoms with Crippen molar-refractivity contribution in [3.63, 3.8) is 0 Å². The van der Waals surface area contributed by atoms with Crippen LogP contribution in [0.25, 0.3) is 16.8 Å². The summed E-state index contributed by atoms with van der Waals surface area (Å²) in [5, 5.41) is 16.8. The molecule has 49 heavy (non-hydrogen) atoms. The molecule has 2 N–H and O–H groups in total. The Hall–Kier alpha value is -3.88. The molecule has 0 amide bonds. The van der Waals surface area contributed by atoms with Crippen LogP contribution in [0, 0.1) is 0 Å². The summed E-state index contributed by atoms with van der Waals surface area (Å²) >= 11 is 0. The van der Waals surface area contributed by atoms with Crippen molar-refractivity contribution < 1.29 is 9.84 Å². The van der Waals surface area contributed by atoms with E-state index in [2.05, 4.69) is 152 Å². The van der Waals surface area contributed by atoms with Crippen molar-refractivity contribution in [1.29, 1.82) is 0 Å². The first kappa shape index (κ1) is 36.4. The maximum atomic E-state index is 11.1. The van der Waals surface area contributed by atoms with Crippen LogP contribution in [-0.4, -0.2) is 102 Å². The van der Waals surface area contributed by atoms with Crippen LogP contribution < -0.4 is 15.0 Å². The summed E-state index contributed by atoms with van der Waals surface area (Å²) < 4.78 is 7.43. The van der Waals surface area contributed by atoms with Crippen LogP contribution in [0.3, 0.4) is 0 Å². The van der Waals surface area contributed by atoms with Gasteiger partial charge in [0.05, 0.1) is 12.3 Å². The quantitative estimate of drug-likeness (QED) is 0.127. The van der Waals surface area contributed by atoms with E-state index in [0.29, 0.717) is 0 Å². The molecule has 0 saturated carbocycles. The summed E-state index contributed by atoms with van der Waals surface area (Å²) in [7, 11) is 14.8. The van der Waals surface area contributed by atoms with Crippen molar-refractivity contribution in [2.24, 2.45) is 0 Å². The molecule has 1 heterocycles. The zero-order valence-electron chi connectivity index (χ0n) is 30.8. The normalized spacial score (nSPS) is 15.7. The maximum Gasteiger partial charge on any atom is 0.180 e. The summed E-state index contributed by atoms with van der Waals surface area (Å²) in [6.07, 6.45) is 8.59. The van der Waals surface area contributed by atoms with Crippen molar-refractivity contribution in [2.45, 2.75) is 37.9 Å². The Morgan fingerprint density at radius 3 is 1.94 bits per heavy atom. The fraction of sp³-hybridized carbons (Fsp3) is 0.429. The molecule has 1 aliphatic rings. The van der Waals surface area contributed by atoms with Gasteiger partial charge in [0.15, 0.2) is 5.60 Å². The number of aryl methyl sites for hydroxylation is 1. The van der Waals surface area contributed by atoms with E-state index in [1.165, 1.54) is 5.56 Å². The zero-order valence-corrected chi connectivity index (χ0v) is 30.8. The molecule has 0 aromatic heterocycles. The number of aliphatic hydroxyl groups excluding tert-OH is 1. The molecule has 0 fully saturated rings. The van der Waals surface area contributed by atoms with E-state index in [-0.39, 0.29) is 6.61 Å². The fourth-order valence-corrected chi connectivity index (χ4v) is 7.17. The summed E-state index contributed by atoms with van der Waals surface area (Å²) in [4.78, 5) is 9.22. The molecule has 7 heteroatoms. The molecule has 0 saturated heterocycles. The minimum Gasteiger partial charge on any atom is -0.472 e. The van der Waals surface area contributed by atoms with Gasteiger partial charge in [-0.3, -0.25) is 0 Å². The van der Waals surface area contributed by atoms with Crippen LogP contribution in [0.5, 0.6) is 5.75 Å². The van der Waals surface area contributed by atoms with Gasteiger partial charge in [-0.15, -0.1) is 0 Å². The molecule has 7 nitrogen and oxygen atoms in total. The smallest absolute Gasteiger partial charge is 0.180 e. The third kappa shape index (κ3) is 8.30. The van der Waals surface area contributed by atoms with Gasteiger partial charge in [-0.2, -0.15) is 0 Å². The minimum absolute atomic E-state index is 0.0736. The predicted molar refractivity (Wildman–Crippen MR) is 208 cm³/mol. The number of hydrogen-bond donors (Lipinski definition) is 2. The van der Waals surface area contributed by atoms with Gasteiger partial charge in [0.2, 0.25) is 0 Å². The SMILES string of the molecule is CNc1cc(CCCN(C)C)ccc1C1(c2ccccc2)C=Cc2c(CO)c(N(CCCN(C)C)CCCN(C)C)c3ccccc3c2O1. The lowest BCUT2D eigenvalue weighted by molar-refractivity contribution is 0.163. The Morgan fingerprint density at radius 1 is 0.714 bits per heavy atom. The van der Waals surface area contributed by atoms with Gasteiger partial charge in [-0.1, -0.05) is 72.8 Å². The molecule has 1 aliphatic heterocycles. The van der Waals surface area contributed by atoms with Gasteiger partial charge >= 0.3 is 0 Å². The van der Waals surface area contributed by atoms with E-state index in [1.807, 2.05) is 7.05 Å². The van der Waals surface area contributed by atoms with E-state index >= 15 is 0 Å². The lowest BCUT2D eigenvalue weighted by Gasteiger charge is -2.39. The lowest BCUT2D eigenvalue weighted by Crippen LogP contribution is -2.36. The molecule has 262 valence electrons. The Kier molecular flexibility index (Phi) is 12.4. The van der Waals surface area contributed by atoms with Crippen LogP contribution in [0.1, 0.15) is 47.1 Å². The topological polar surface area (TPSA) is 54.5 Å². The van der Waals surface area contributed by atoms with Crippen LogP contribution in [0.15, 0.2) is 78.9 Å². The van der Waals surface area contributed by atoms with Crippen molar-refractivity contribution in [1.82, 2.24) is 14.7 Å². The lowest BCUT2D eigenvalue weighted by atomic mass is 9.81. The van der Waals surface area contributed by atoms with E-state index in [9.17, 15) is 5.11 Å². The molecule has 0 spiro atoms. The molecule has 0 aliphatic carbocycles. The molecule has 4 aromatic carbocycles. The average Bonchev–Trinajstić information content (AvgIpc) is 3.10. The fourth-order valence-electron chi connectivity index (χ4n) is 7.17. The number of ether oxygens (including phenoxy) is 1. The number of fused-ring (bicyclic) bond motifs is 3. The number of nitrogens with zero attached hydrogens (tertiary/aromatic N) is 4. The second-order valence-corrected chi connectivity index (χ2v) is 14.1. The summed E-state index contributed by atoms with van der Waals surface area (Å²) in [5.74, 6) is 0.813. The number of benzene rings is 4. The number of hydrogen-bond acceptors (Lipinski definition) is 7. The van der Waals surface area contributed by atoms with Crippen LogP contribution in [0.2, 0.25) is 0 Å². The highest BCUT2D eigenvalue weighted by Crippen LogP contribution is 2.50. The molecule has 1 atom stereocenters. The highest BCUT2D eigenvalue weighted by molar-refractivity contribution is 6.03. The molecule has 1 unspecified atom stereocenters. The Morgan fingerprint density at radius 2 is 1.33 bits per heavy atom. The summed E-state index contributed by atoms with van der Waals surface area (Å²) in [5.41, 5.74) is 6.60. The number of anilines is 2. The Balaban J connectivity index is 1.67. The van der Waals surface area contributed by atoms with Crippen LogP contribution in [-0.2, 0) is 18.6 Å². The highest BCUT2D eigenvalue weighted by atomic mass is 16.5. The van der Waals surface area contributed by atoms with E-state index in [4.69, 9.17) is 4.74 Å². The standard InChI is InChI=1S/C42H57N5O2/c1-43-39-30-32(16-13-25-44(2)3)21-22-38(39)42(33-17-9-8-10-18-33)24-23-36-37(31-48)40(34-19-11-12-20-35(34)41(36)49-42)47(28-14-26-45(4)5)29-15-27-46(6)7/h8-12,17-24,30,43,48H,13-16,25-29,31H2,1-7H3. The maximum absolute atomic E-state index is 11.1. The number of nitrogens with one attached hydrogen (secondary N) is 1. The third-order valence-electron chi connectivity index (χ3n) is 9.60. The van der Waals surface area contributed by atoms with Crippen molar-refractivity contribution in [3.8, 4) is 5.75 Å². The minimum atomic E-state index is -0.872. The number of rotatable bonds is 17. The molecule has 5 rings (SSSR count). The van der Waals surface area contributed by atoms with Crippen molar-refractivity contribution in [2.75, 3.05) is 92.3 Å². The first-order chi connectivity index (χ1) is 23.7. The van der Waals surface area contributed by atoms with Crippen LogP contribution in [0.4, 0.5) is 11.4 Å². The molecular formula is C42H57N5O2. The first-order valence-electron chi connectivity index (χ1n) is 17.8.